The highest BCUT2D eigenvalue weighted by Crippen LogP contribution is 2.47. The van der Waals surface area contributed by atoms with Gasteiger partial charge in [-0.2, -0.15) is 0 Å². The molecule has 0 atom stereocenters. The lowest BCUT2D eigenvalue weighted by atomic mass is 10.0. The Bertz CT molecular complexity index is 886. The number of amides is 2. The average molecular weight is 371 g/mol. The van der Waals surface area contributed by atoms with Gasteiger partial charge in [0.2, 0.25) is 11.8 Å². The molecule has 1 aliphatic carbocycles. The molecule has 2 amide bonds. The molecule has 1 saturated carbocycles. The highest BCUT2D eigenvalue weighted by molar-refractivity contribution is 6.30. The van der Waals surface area contributed by atoms with E-state index < -0.39 is 5.41 Å². The summed E-state index contributed by atoms with van der Waals surface area (Å²) in [4.78, 5) is 36.6. The predicted octanol–water partition coefficient (Wildman–Crippen LogP) is 4.21. The molecule has 0 heterocycles. The van der Waals surface area contributed by atoms with Gasteiger partial charge in [0.05, 0.1) is 0 Å². The maximum atomic E-state index is 12.7. The standard InChI is InChI=1S/C20H19ClN2O3/c1-12-11-15(21)5-8-17(12)23-19(26)20(9-10-20)18(25)22-16-6-3-14(4-7-16)13(2)24/h3-8,11H,9-10H2,1-2H3,(H,22,25)(H,23,26). The molecular weight excluding hydrogens is 352 g/mol. The summed E-state index contributed by atoms with van der Waals surface area (Å²) in [5, 5.41) is 6.19. The van der Waals surface area contributed by atoms with E-state index >= 15 is 0 Å². The molecule has 1 aliphatic rings. The minimum Gasteiger partial charge on any atom is -0.325 e. The molecule has 3 rings (SSSR count). The van der Waals surface area contributed by atoms with E-state index in [4.69, 9.17) is 11.6 Å². The molecule has 5 nitrogen and oxygen atoms in total. The first-order valence-corrected chi connectivity index (χ1v) is 8.70. The SMILES string of the molecule is CC(=O)c1ccc(NC(=O)C2(C(=O)Nc3ccc(Cl)cc3C)CC2)cc1. The molecule has 0 bridgehead atoms. The normalized spacial score (nSPS) is 14.4. The van der Waals surface area contributed by atoms with Crippen LogP contribution in [-0.2, 0) is 9.59 Å². The quantitative estimate of drug-likeness (QED) is 0.611. The monoisotopic (exact) mass is 370 g/mol. The summed E-state index contributed by atoms with van der Waals surface area (Å²) in [6, 6.07) is 11.8. The Balaban J connectivity index is 1.70. The van der Waals surface area contributed by atoms with E-state index in [1.165, 1.54) is 6.92 Å². The fraction of sp³-hybridized carbons (Fsp3) is 0.250. The topological polar surface area (TPSA) is 75.3 Å². The zero-order valence-corrected chi connectivity index (χ0v) is 15.3. The molecule has 134 valence electrons. The van der Waals surface area contributed by atoms with E-state index in [1.54, 1.807) is 42.5 Å². The summed E-state index contributed by atoms with van der Waals surface area (Å²) in [5.41, 5.74) is 1.55. The molecule has 6 heteroatoms. The zero-order chi connectivity index (χ0) is 18.9. The number of hydrogen-bond donors (Lipinski definition) is 2. The Labute approximate surface area is 156 Å². The Morgan fingerprint density at radius 3 is 2.12 bits per heavy atom. The lowest BCUT2D eigenvalue weighted by molar-refractivity contribution is -0.131. The molecule has 2 aromatic rings. The van der Waals surface area contributed by atoms with Crippen LogP contribution in [0.1, 0.15) is 35.7 Å². The summed E-state index contributed by atoms with van der Waals surface area (Å²) in [6.45, 7) is 3.33. The number of anilines is 2. The van der Waals surface area contributed by atoms with Crippen molar-refractivity contribution in [3.8, 4) is 0 Å². The van der Waals surface area contributed by atoms with Crippen molar-refractivity contribution >= 4 is 40.6 Å². The highest BCUT2D eigenvalue weighted by Gasteiger charge is 2.56. The van der Waals surface area contributed by atoms with Crippen LogP contribution in [-0.4, -0.2) is 17.6 Å². The lowest BCUT2D eigenvalue weighted by Crippen LogP contribution is -2.35. The number of Topliss-reactive ketones (excluding diaryl/α,β-unsaturated/α-hetero) is 1. The number of halogens is 1. The van der Waals surface area contributed by atoms with Crippen molar-refractivity contribution < 1.29 is 14.4 Å². The molecule has 2 aromatic carbocycles. The van der Waals surface area contributed by atoms with Crippen molar-refractivity contribution in [2.24, 2.45) is 5.41 Å². The van der Waals surface area contributed by atoms with Gasteiger partial charge in [-0.25, -0.2) is 0 Å². The fourth-order valence-electron chi connectivity index (χ4n) is 2.73. The van der Waals surface area contributed by atoms with E-state index in [2.05, 4.69) is 10.6 Å². The first-order valence-electron chi connectivity index (χ1n) is 8.32. The summed E-state index contributed by atoms with van der Waals surface area (Å²) in [5.74, 6) is -0.697. The van der Waals surface area contributed by atoms with Crippen molar-refractivity contribution in [3.63, 3.8) is 0 Å². The van der Waals surface area contributed by atoms with Crippen LogP contribution in [0.15, 0.2) is 42.5 Å². The van der Waals surface area contributed by atoms with Gasteiger partial charge in [-0.1, -0.05) is 11.6 Å². The maximum Gasteiger partial charge on any atom is 0.240 e. The third kappa shape index (κ3) is 3.63. The summed E-state index contributed by atoms with van der Waals surface area (Å²) in [6.07, 6.45) is 1.01. The maximum absolute atomic E-state index is 12.7. The molecule has 1 fully saturated rings. The first-order chi connectivity index (χ1) is 12.3. The molecule has 0 unspecified atom stereocenters. The van der Waals surface area contributed by atoms with E-state index in [-0.39, 0.29) is 17.6 Å². The first kappa shape index (κ1) is 18.1. The van der Waals surface area contributed by atoms with Crippen molar-refractivity contribution in [2.75, 3.05) is 10.6 Å². The van der Waals surface area contributed by atoms with Crippen molar-refractivity contribution in [1.82, 2.24) is 0 Å². The van der Waals surface area contributed by atoms with Crippen LogP contribution in [0.4, 0.5) is 11.4 Å². The second-order valence-corrected chi connectivity index (χ2v) is 7.02. The van der Waals surface area contributed by atoms with Gasteiger partial charge in [0.15, 0.2) is 5.78 Å². The lowest BCUT2D eigenvalue weighted by Gasteiger charge is -2.16. The fourth-order valence-corrected chi connectivity index (χ4v) is 2.96. The van der Waals surface area contributed by atoms with Crippen LogP contribution in [0, 0.1) is 12.3 Å². The van der Waals surface area contributed by atoms with Gasteiger partial charge in [-0.05, 0) is 74.7 Å². The molecule has 2 N–H and O–H groups in total. The summed E-state index contributed by atoms with van der Waals surface area (Å²) < 4.78 is 0. The van der Waals surface area contributed by atoms with Gasteiger partial charge >= 0.3 is 0 Å². The van der Waals surface area contributed by atoms with Gasteiger partial charge in [0.25, 0.3) is 0 Å². The van der Waals surface area contributed by atoms with Crippen LogP contribution >= 0.6 is 11.6 Å². The van der Waals surface area contributed by atoms with Crippen molar-refractivity contribution in [1.29, 1.82) is 0 Å². The summed E-state index contributed by atoms with van der Waals surface area (Å²) in [7, 11) is 0. The van der Waals surface area contributed by atoms with Gasteiger partial charge in [0.1, 0.15) is 5.41 Å². The molecule has 0 aromatic heterocycles. The summed E-state index contributed by atoms with van der Waals surface area (Å²) >= 11 is 5.93. The van der Waals surface area contributed by atoms with Crippen LogP contribution in [0.5, 0.6) is 0 Å². The molecule has 0 saturated heterocycles. The third-order valence-corrected chi connectivity index (χ3v) is 4.84. The van der Waals surface area contributed by atoms with Crippen molar-refractivity contribution in [3.05, 3.63) is 58.6 Å². The minimum atomic E-state index is -1.05. The Hall–Kier alpha value is -2.66. The molecule has 0 aliphatic heterocycles. The minimum absolute atomic E-state index is 0.0424. The number of ketones is 1. The second kappa shape index (κ2) is 6.92. The van der Waals surface area contributed by atoms with Crippen LogP contribution in [0.3, 0.4) is 0 Å². The number of rotatable bonds is 5. The zero-order valence-electron chi connectivity index (χ0n) is 14.6. The molecule has 0 radical (unpaired) electrons. The number of benzene rings is 2. The third-order valence-electron chi connectivity index (χ3n) is 4.61. The van der Waals surface area contributed by atoms with Gasteiger partial charge in [-0.3, -0.25) is 14.4 Å². The predicted molar refractivity (Wildman–Crippen MR) is 102 cm³/mol. The van der Waals surface area contributed by atoms with E-state index in [9.17, 15) is 14.4 Å². The number of aryl methyl sites for hydroxylation is 1. The second-order valence-electron chi connectivity index (χ2n) is 6.58. The largest absolute Gasteiger partial charge is 0.325 e. The van der Waals surface area contributed by atoms with Gasteiger partial charge in [-0.15, -0.1) is 0 Å². The van der Waals surface area contributed by atoms with Gasteiger partial charge in [0, 0.05) is 22.0 Å². The Kier molecular flexibility index (Phi) is 4.83. The molecular formula is C20H19ClN2O3. The Morgan fingerprint density at radius 2 is 1.58 bits per heavy atom. The number of carbonyl (C=O) groups excluding carboxylic acids is 3. The van der Waals surface area contributed by atoms with E-state index in [0.29, 0.717) is 34.8 Å². The molecule has 26 heavy (non-hydrogen) atoms. The van der Waals surface area contributed by atoms with Crippen LogP contribution in [0.25, 0.3) is 0 Å². The van der Waals surface area contributed by atoms with E-state index in [0.717, 1.165) is 5.56 Å². The van der Waals surface area contributed by atoms with E-state index in [1.807, 2.05) is 6.92 Å². The number of hydrogen-bond acceptors (Lipinski definition) is 3. The smallest absolute Gasteiger partial charge is 0.240 e. The highest BCUT2D eigenvalue weighted by atomic mass is 35.5. The average Bonchev–Trinajstić information content (AvgIpc) is 3.40. The van der Waals surface area contributed by atoms with Gasteiger partial charge < -0.3 is 10.6 Å². The molecule has 0 spiro atoms. The van der Waals surface area contributed by atoms with Crippen molar-refractivity contribution in [2.45, 2.75) is 26.7 Å². The number of nitrogens with one attached hydrogen (secondary N) is 2. The van der Waals surface area contributed by atoms with Crippen LogP contribution in [0.2, 0.25) is 5.02 Å². The van der Waals surface area contributed by atoms with Crippen LogP contribution < -0.4 is 10.6 Å². The Morgan fingerprint density at radius 1 is 0.962 bits per heavy atom. The number of carbonyl (C=O) groups is 3.